The second kappa shape index (κ2) is 54.6. The van der Waals surface area contributed by atoms with Crippen molar-refractivity contribution in [1.29, 1.82) is 0 Å². The molecule has 0 unspecified atom stereocenters. The molecule has 0 aromatic heterocycles. The van der Waals surface area contributed by atoms with Crippen LogP contribution in [0.4, 0.5) is 0 Å². The lowest BCUT2D eigenvalue weighted by Gasteiger charge is -2.37. The summed E-state index contributed by atoms with van der Waals surface area (Å²) in [6.45, 7) is 26.6. The number of ether oxygens (including phenoxy) is 1. The Morgan fingerprint density at radius 2 is 0.639 bits per heavy atom. The van der Waals surface area contributed by atoms with Crippen molar-refractivity contribution < 1.29 is 14.3 Å². The number of hydrogen-bond acceptors (Lipinski definition) is 7. The van der Waals surface area contributed by atoms with E-state index in [4.69, 9.17) is 4.74 Å². The van der Waals surface area contributed by atoms with Crippen LogP contribution in [0.25, 0.3) is 0 Å². The first-order valence-corrected chi connectivity index (χ1v) is 32.8. The highest BCUT2D eigenvalue weighted by molar-refractivity contribution is 5.78. The maximum Gasteiger partial charge on any atom is 0.305 e. The highest BCUT2D eigenvalue weighted by Gasteiger charge is 2.23. The fourth-order valence-electron chi connectivity index (χ4n) is 10.8. The molecule has 0 radical (unpaired) electrons. The minimum Gasteiger partial charge on any atom is -0.466 e. The summed E-state index contributed by atoms with van der Waals surface area (Å²) >= 11 is 0. The lowest BCUT2D eigenvalue weighted by Crippen LogP contribution is -2.52. The second-order valence-electron chi connectivity index (χ2n) is 22.9. The lowest BCUT2D eigenvalue weighted by molar-refractivity contribution is -0.144. The van der Waals surface area contributed by atoms with Gasteiger partial charge in [0.15, 0.2) is 0 Å². The normalized spacial score (nSPS) is 13.4. The summed E-state index contributed by atoms with van der Waals surface area (Å²) in [7, 11) is 0. The Hall–Kier alpha value is -1.22. The van der Waals surface area contributed by atoms with Gasteiger partial charge in [-0.2, -0.15) is 0 Å². The number of unbranched alkanes of at least 4 members (excludes halogenated alkanes) is 35. The number of hydrogen-bond donors (Lipinski definition) is 0. The van der Waals surface area contributed by atoms with E-state index >= 15 is 0 Å². The van der Waals surface area contributed by atoms with Crippen LogP contribution in [-0.4, -0.2) is 135 Å². The van der Waals surface area contributed by atoms with Crippen LogP contribution in [0.15, 0.2) is 0 Å². The number of carbonyl (C=O) groups excluding carboxylic acids is 2. The molecule has 1 saturated heterocycles. The van der Waals surface area contributed by atoms with E-state index in [2.05, 4.69) is 59.1 Å². The first-order chi connectivity index (χ1) is 35.5. The molecule has 0 bridgehead atoms. The molecule has 8 nitrogen and oxygen atoms in total. The Morgan fingerprint density at radius 1 is 0.333 bits per heavy atom. The van der Waals surface area contributed by atoms with Crippen molar-refractivity contribution in [3.8, 4) is 0 Å². The Kier molecular flexibility index (Phi) is 52.1. The fourth-order valence-corrected chi connectivity index (χ4v) is 10.8. The van der Waals surface area contributed by atoms with Gasteiger partial charge < -0.3 is 19.4 Å². The Balaban J connectivity index is 2.71. The number of nitrogens with zero attached hydrogens (tertiary/aromatic N) is 5. The Morgan fingerprint density at radius 3 is 1.03 bits per heavy atom. The van der Waals surface area contributed by atoms with Crippen LogP contribution in [0, 0.1) is 0 Å². The molecule has 72 heavy (non-hydrogen) atoms. The summed E-state index contributed by atoms with van der Waals surface area (Å²) in [6, 6.07) is 0. The summed E-state index contributed by atoms with van der Waals surface area (Å²) in [4.78, 5) is 39.2. The SMILES string of the molecule is CCCCCCCCCCCCCCN(CCCCCCCC(=O)OCCCCC)CCN1CCN(C(=O)CN(CCCCCCCCC)CCN(CCCCCCCCC)CCCCCCCCC)CC1. The topological polar surface area (TPSA) is 59.6 Å². The van der Waals surface area contributed by atoms with Gasteiger partial charge in [-0.3, -0.25) is 19.4 Å². The van der Waals surface area contributed by atoms with Crippen LogP contribution in [0.5, 0.6) is 0 Å². The van der Waals surface area contributed by atoms with Crippen LogP contribution < -0.4 is 0 Å². The van der Waals surface area contributed by atoms with Gasteiger partial charge in [0.2, 0.25) is 5.91 Å². The van der Waals surface area contributed by atoms with Gasteiger partial charge in [-0.15, -0.1) is 0 Å². The van der Waals surface area contributed by atoms with Crippen LogP contribution >= 0.6 is 0 Å². The number of amides is 1. The molecule has 428 valence electrons. The zero-order chi connectivity index (χ0) is 52.1. The number of esters is 1. The quantitative estimate of drug-likeness (QED) is 0.0444. The van der Waals surface area contributed by atoms with E-state index < -0.39 is 0 Å². The smallest absolute Gasteiger partial charge is 0.305 e. The van der Waals surface area contributed by atoms with Crippen LogP contribution in [-0.2, 0) is 14.3 Å². The summed E-state index contributed by atoms with van der Waals surface area (Å²) in [5.41, 5.74) is 0. The van der Waals surface area contributed by atoms with E-state index in [0.717, 1.165) is 91.0 Å². The molecular formula is C64H129N5O3. The average Bonchev–Trinajstić information content (AvgIpc) is 3.39. The van der Waals surface area contributed by atoms with E-state index in [1.165, 1.54) is 257 Å². The first-order valence-electron chi connectivity index (χ1n) is 32.8. The molecule has 0 spiro atoms. The number of carbonyl (C=O) groups is 2. The van der Waals surface area contributed by atoms with Crippen molar-refractivity contribution in [2.75, 3.05) is 98.2 Å². The van der Waals surface area contributed by atoms with Gasteiger partial charge in [-0.05, 0) is 77.7 Å². The molecule has 8 heteroatoms. The molecule has 0 N–H and O–H groups in total. The van der Waals surface area contributed by atoms with Crippen molar-refractivity contribution in [1.82, 2.24) is 24.5 Å². The minimum atomic E-state index is -0.00843. The highest BCUT2D eigenvalue weighted by Crippen LogP contribution is 2.16. The van der Waals surface area contributed by atoms with Crippen LogP contribution in [0.1, 0.15) is 304 Å². The molecule has 0 aliphatic carbocycles. The third kappa shape index (κ3) is 45.0. The molecule has 0 aromatic carbocycles. The van der Waals surface area contributed by atoms with Crippen LogP contribution in [0.3, 0.4) is 0 Å². The van der Waals surface area contributed by atoms with Gasteiger partial charge in [0.25, 0.3) is 0 Å². The molecule has 0 atom stereocenters. The Bertz CT molecular complexity index is 1100. The number of piperazine rings is 1. The van der Waals surface area contributed by atoms with Crippen molar-refractivity contribution in [2.24, 2.45) is 0 Å². The molecule has 1 rings (SSSR count). The predicted octanol–water partition coefficient (Wildman–Crippen LogP) is 17.1. The highest BCUT2D eigenvalue weighted by atomic mass is 16.5. The zero-order valence-electron chi connectivity index (χ0n) is 49.8. The first kappa shape index (κ1) is 68.8. The largest absolute Gasteiger partial charge is 0.466 e. The summed E-state index contributed by atoms with van der Waals surface area (Å²) in [6.07, 6.45) is 54.8. The molecule has 1 amide bonds. The summed E-state index contributed by atoms with van der Waals surface area (Å²) in [5, 5.41) is 0. The van der Waals surface area contributed by atoms with Gasteiger partial charge in [0, 0.05) is 58.8 Å². The minimum absolute atomic E-state index is 0.00843. The van der Waals surface area contributed by atoms with E-state index in [0.29, 0.717) is 25.5 Å². The maximum absolute atomic E-state index is 14.1. The molecular weight excluding hydrogens is 887 g/mol. The van der Waals surface area contributed by atoms with E-state index in [1.54, 1.807) is 0 Å². The van der Waals surface area contributed by atoms with E-state index in [-0.39, 0.29) is 5.97 Å². The maximum atomic E-state index is 14.1. The fraction of sp³-hybridized carbons (Fsp3) is 0.969. The van der Waals surface area contributed by atoms with Gasteiger partial charge in [-0.25, -0.2) is 0 Å². The average molecular weight is 1020 g/mol. The molecule has 1 aliphatic heterocycles. The zero-order valence-corrected chi connectivity index (χ0v) is 49.8. The molecule has 1 aliphatic rings. The van der Waals surface area contributed by atoms with Crippen molar-refractivity contribution in [2.45, 2.75) is 304 Å². The monoisotopic (exact) mass is 1020 g/mol. The summed E-state index contributed by atoms with van der Waals surface area (Å²) in [5.74, 6) is 0.353. The van der Waals surface area contributed by atoms with Gasteiger partial charge >= 0.3 is 5.97 Å². The van der Waals surface area contributed by atoms with Crippen molar-refractivity contribution >= 4 is 11.9 Å². The van der Waals surface area contributed by atoms with Gasteiger partial charge in [-0.1, -0.05) is 253 Å². The standard InChI is InChI=1S/C64H129N5O3/c1-6-11-16-20-24-25-26-27-28-32-37-43-48-65(49-44-39-33-34-40-47-64(71)72-61-46-15-10-5)53-54-67-57-59-69(60-58-67)63(70)62-68(52-45-38-31-23-19-14-9-4)56-55-66(50-41-35-29-21-17-12-7-2)51-42-36-30-22-18-13-8-3/h6-62H2,1-5H3. The molecule has 0 saturated carbocycles. The van der Waals surface area contributed by atoms with Crippen LogP contribution in [0.2, 0.25) is 0 Å². The second-order valence-corrected chi connectivity index (χ2v) is 22.9. The van der Waals surface area contributed by atoms with Crippen molar-refractivity contribution in [3.05, 3.63) is 0 Å². The van der Waals surface area contributed by atoms with Crippen molar-refractivity contribution in [3.63, 3.8) is 0 Å². The lowest BCUT2D eigenvalue weighted by atomic mass is 10.1. The summed E-state index contributed by atoms with van der Waals surface area (Å²) < 4.78 is 5.42. The molecule has 0 aromatic rings. The van der Waals surface area contributed by atoms with E-state index in [9.17, 15) is 9.59 Å². The van der Waals surface area contributed by atoms with Gasteiger partial charge in [0.05, 0.1) is 13.2 Å². The predicted molar refractivity (Wildman–Crippen MR) is 316 cm³/mol. The van der Waals surface area contributed by atoms with E-state index in [1.807, 2.05) is 0 Å². The molecule has 1 heterocycles. The Labute approximate surface area is 451 Å². The number of rotatable bonds is 57. The van der Waals surface area contributed by atoms with Gasteiger partial charge in [0.1, 0.15) is 0 Å². The third-order valence-electron chi connectivity index (χ3n) is 16.0. The third-order valence-corrected chi connectivity index (χ3v) is 16.0. The molecule has 1 fully saturated rings.